The molecule has 6 heteroatoms. The van der Waals surface area contributed by atoms with Gasteiger partial charge in [0, 0.05) is 19.1 Å². The standard InChI is InChI=1S/C14H22N2O4/c1-4-9(3)16-12(17)5-11(13(16)18)15-6-8(2)10(7-15)14(19)20/h8-11H,4-7H2,1-3H3,(H,19,20). The van der Waals surface area contributed by atoms with Crippen molar-refractivity contribution >= 4 is 17.8 Å². The fourth-order valence-electron chi connectivity index (χ4n) is 3.15. The first-order valence-corrected chi connectivity index (χ1v) is 7.19. The van der Waals surface area contributed by atoms with Gasteiger partial charge in [-0.2, -0.15) is 0 Å². The van der Waals surface area contributed by atoms with E-state index in [1.54, 1.807) is 0 Å². The third-order valence-electron chi connectivity index (χ3n) is 4.59. The molecular weight excluding hydrogens is 260 g/mol. The number of amides is 2. The number of carbonyl (C=O) groups is 3. The highest BCUT2D eigenvalue weighted by atomic mass is 16.4. The molecule has 2 aliphatic rings. The second-order valence-corrected chi connectivity index (χ2v) is 5.96. The number of imide groups is 1. The van der Waals surface area contributed by atoms with E-state index in [0.29, 0.717) is 13.1 Å². The molecule has 2 saturated heterocycles. The minimum absolute atomic E-state index is 0.00745. The van der Waals surface area contributed by atoms with Crippen LogP contribution in [0.3, 0.4) is 0 Å². The van der Waals surface area contributed by atoms with Crippen molar-refractivity contribution in [3.8, 4) is 0 Å². The van der Waals surface area contributed by atoms with E-state index in [1.165, 1.54) is 4.90 Å². The molecule has 4 atom stereocenters. The first-order chi connectivity index (χ1) is 9.36. The summed E-state index contributed by atoms with van der Waals surface area (Å²) in [4.78, 5) is 38.8. The maximum atomic E-state index is 12.4. The number of aliphatic carboxylic acids is 1. The quantitative estimate of drug-likeness (QED) is 0.763. The SMILES string of the molecule is CCC(C)N1C(=O)CC(N2CC(C)C(C(=O)O)C2)C1=O. The summed E-state index contributed by atoms with van der Waals surface area (Å²) in [6.07, 6.45) is 0.917. The van der Waals surface area contributed by atoms with Crippen molar-refractivity contribution in [2.75, 3.05) is 13.1 Å². The summed E-state index contributed by atoms with van der Waals surface area (Å²) in [6, 6.07) is -0.557. The fourth-order valence-corrected chi connectivity index (χ4v) is 3.15. The van der Waals surface area contributed by atoms with Gasteiger partial charge in [0.05, 0.1) is 18.4 Å². The molecule has 6 nitrogen and oxygen atoms in total. The van der Waals surface area contributed by atoms with Gasteiger partial charge in [-0.1, -0.05) is 13.8 Å². The molecular formula is C14H22N2O4. The maximum absolute atomic E-state index is 12.4. The van der Waals surface area contributed by atoms with E-state index in [4.69, 9.17) is 5.11 Å². The predicted molar refractivity (Wildman–Crippen MR) is 71.9 cm³/mol. The van der Waals surface area contributed by atoms with Crippen LogP contribution in [0.4, 0.5) is 0 Å². The Morgan fingerprint density at radius 1 is 1.40 bits per heavy atom. The van der Waals surface area contributed by atoms with Gasteiger partial charge in [-0.25, -0.2) is 0 Å². The Hall–Kier alpha value is -1.43. The number of hydrogen-bond acceptors (Lipinski definition) is 4. The lowest BCUT2D eigenvalue weighted by molar-refractivity contribution is -0.144. The number of carbonyl (C=O) groups excluding carboxylic acids is 2. The summed E-state index contributed by atoms with van der Waals surface area (Å²) < 4.78 is 0. The number of likely N-dealkylation sites (tertiary alicyclic amines) is 2. The van der Waals surface area contributed by atoms with Crippen molar-refractivity contribution in [1.82, 2.24) is 9.80 Å². The molecule has 0 saturated carbocycles. The van der Waals surface area contributed by atoms with Gasteiger partial charge in [0.15, 0.2) is 0 Å². The van der Waals surface area contributed by atoms with Gasteiger partial charge < -0.3 is 5.11 Å². The molecule has 0 aromatic rings. The average Bonchev–Trinajstić information content (AvgIpc) is 2.89. The van der Waals surface area contributed by atoms with E-state index >= 15 is 0 Å². The molecule has 2 amide bonds. The normalized spacial score (nSPS) is 33.0. The molecule has 0 spiro atoms. The number of nitrogens with zero attached hydrogens (tertiary/aromatic N) is 2. The van der Waals surface area contributed by atoms with E-state index in [-0.39, 0.29) is 30.2 Å². The number of rotatable bonds is 4. The third-order valence-corrected chi connectivity index (χ3v) is 4.59. The van der Waals surface area contributed by atoms with Crippen molar-refractivity contribution in [1.29, 1.82) is 0 Å². The molecule has 2 rings (SSSR count). The van der Waals surface area contributed by atoms with E-state index in [9.17, 15) is 14.4 Å². The highest BCUT2D eigenvalue weighted by molar-refractivity contribution is 6.05. The lowest BCUT2D eigenvalue weighted by Crippen LogP contribution is -2.44. The Balaban J connectivity index is 2.10. The molecule has 4 unspecified atom stereocenters. The Morgan fingerprint density at radius 3 is 2.55 bits per heavy atom. The fraction of sp³-hybridized carbons (Fsp3) is 0.786. The lowest BCUT2D eigenvalue weighted by Gasteiger charge is -2.25. The summed E-state index contributed by atoms with van der Waals surface area (Å²) in [7, 11) is 0. The molecule has 2 fully saturated rings. The number of carboxylic acids is 1. The molecule has 0 bridgehead atoms. The van der Waals surface area contributed by atoms with Crippen molar-refractivity contribution in [3.63, 3.8) is 0 Å². The van der Waals surface area contributed by atoms with Crippen LogP contribution in [0.1, 0.15) is 33.6 Å². The first kappa shape index (κ1) is 15.0. The maximum Gasteiger partial charge on any atom is 0.308 e. The van der Waals surface area contributed by atoms with Gasteiger partial charge >= 0.3 is 5.97 Å². The van der Waals surface area contributed by atoms with Crippen LogP contribution in [0, 0.1) is 11.8 Å². The average molecular weight is 282 g/mol. The van der Waals surface area contributed by atoms with Crippen LogP contribution in [-0.4, -0.2) is 57.9 Å². The van der Waals surface area contributed by atoms with Crippen LogP contribution in [-0.2, 0) is 14.4 Å². The second kappa shape index (κ2) is 5.52. The van der Waals surface area contributed by atoms with Crippen molar-refractivity contribution < 1.29 is 19.5 Å². The van der Waals surface area contributed by atoms with E-state index in [2.05, 4.69) is 0 Å². The molecule has 1 N–H and O–H groups in total. The monoisotopic (exact) mass is 282 g/mol. The van der Waals surface area contributed by atoms with Gasteiger partial charge in [0.2, 0.25) is 11.8 Å². The minimum Gasteiger partial charge on any atom is -0.481 e. The molecule has 2 heterocycles. The number of carboxylic acid groups (broad SMARTS) is 1. The molecule has 0 radical (unpaired) electrons. The molecule has 20 heavy (non-hydrogen) atoms. The zero-order valence-electron chi connectivity index (χ0n) is 12.2. The Kier molecular flexibility index (Phi) is 4.13. The molecule has 0 aromatic carbocycles. The Morgan fingerprint density at radius 2 is 2.05 bits per heavy atom. The zero-order valence-corrected chi connectivity index (χ0v) is 12.2. The van der Waals surface area contributed by atoms with E-state index in [0.717, 1.165) is 6.42 Å². The van der Waals surface area contributed by atoms with Gasteiger partial charge in [0.1, 0.15) is 0 Å². The topological polar surface area (TPSA) is 77.9 Å². The van der Waals surface area contributed by atoms with Crippen molar-refractivity contribution in [2.24, 2.45) is 11.8 Å². The summed E-state index contributed by atoms with van der Waals surface area (Å²) in [5.41, 5.74) is 0. The molecule has 112 valence electrons. The largest absolute Gasteiger partial charge is 0.481 e. The molecule has 0 aliphatic carbocycles. The molecule has 0 aromatic heterocycles. The van der Waals surface area contributed by atoms with E-state index < -0.39 is 17.9 Å². The Labute approximate surface area is 118 Å². The summed E-state index contributed by atoms with van der Waals surface area (Å²) in [6.45, 7) is 6.61. The van der Waals surface area contributed by atoms with Crippen molar-refractivity contribution in [2.45, 2.75) is 45.7 Å². The highest BCUT2D eigenvalue weighted by Gasteiger charge is 2.47. The lowest BCUT2D eigenvalue weighted by atomic mass is 9.99. The second-order valence-electron chi connectivity index (χ2n) is 5.96. The van der Waals surface area contributed by atoms with Crippen molar-refractivity contribution in [3.05, 3.63) is 0 Å². The van der Waals surface area contributed by atoms with Crippen LogP contribution in [0.25, 0.3) is 0 Å². The smallest absolute Gasteiger partial charge is 0.308 e. The van der Waals surface area contributed by atoms with Crippen LogP contribution >= 0.6 is 0 Å². The van der Waals surface area contributed by atoms with Gasteiger partial charge in [0.25, 0.3) is 0 Å². The van der Waals surface area contributed by atoms with Gasteiger partial charge in [-0.15, -0.1) is 0 Å². The van der Waals surface area contributed by atoms with Crippen LogP contribution in [0.5, 0.6) is 0 Å². The molecule has 2 aliphatic heterocycles. The Bertz CT molecular complexity index is 437. The predicted octanol–water partition coefficient (Wildman–Crippen LogP) is 0.565. The summed E-state index contributed by atoms with van der Waals surface area (Å²) >= 11 is 0. The van der Waals surface area contributed by atoms with Crippen LogP contribution < -0.4 is 0 Å². The highest BCUT2D eigenvalue weighted by Crippen LogP contribution is 2.30. The first-order valence-electron chi connectivity index (χ1n) is 7.19. The van der Waals surface area contributed by atoms with Crippen LogP contribution in [0.2, 0.25) is 0 Å². The van der Waals surface area contributed by atoms with Crippen LogP contribution in [0.15, 0.2) is 0 Å². The van der Waals surface area contributed by atoms with Gasteiger partial charge in [-0.3, -0.25) is 24.2 Å². The zero-order chi connectivity index (χ0) is 15.0. The third kappa shape index (κ3) is 2.44. The van der Waals surface area contributed by atoms with Gasteiger partial charge in [-0.05, 0) is 19.3 Å². The van der Waals surface area contributed by atoms with E-state index in [1.807, 2.05) is 25.7 Å². The minimum atomic E-state index is -0.824. The summed E-state index contributed by atoms with van der Waals surface area (Å²) in [5.74, 6) is -1.57. The summed E-state index contributed by atoms with van der Waals surface area (Å²) in [5, 5.41) is 9.15. The number of hydrogen-bond donors (Lipinski definition) is 1.